The van der Waals surface area contributed by atoms with Crippen molar-refractivity contribution in [2.75, 3.05) is 19.7 Å². The van der Waals surface area contributed by atoms with Crippen molar-refractivity contribution < 1.29 is 14.3 Å². The highest BCUT2D eigenvalue weighted by Gasteiger charge is 2.32. The fourth-order valence-corrected chi connectivity index (χ4v) is 3.47. The average molecular weight is 378 g/mol. The van der Waals surface area contributed by atoms with Gasteiger partial charge in [-0.05, 0) is 37.1 Å². The number of likely N-dealkylation sites (tertiary alicyclic amines) is 1. The van der Waals surface area contributed by atoms with Crippen LogP contribution in [0.4, 0.5) is 0 Å². The van der Waals surface area contributed by atoms with Crippen LogP contribution in [-0.2, 0) is 9.59 Å². The standard InChI is InChI=1S/C21H22N4O3/c26-19(14-28-15-7-2-1-3-8-15)22-13-20(27)25-12-6-11-18(25)21-23-16-9-4-5-10-17(16)24-21/h1-5,7-10,18H,6,11-14H2,(H,22,26)(H,23,24). The van der Waals surface area contributed by atoms with E-state index < -0.39 is 0 Å². The van der Waals surface area contributed by atoms with Gasteiger partial charge in [0.15, 0.2) is 6.61 Å². The Labute approximate surface area is 162 Å². The summed E-state index contributed by atoms with van der Waals surface area (Å²) in [5.74, 6) is 0.979. The number of fused-ring (bicyclic) bond motifs is 1. The molecule has 1 aromatic heterocycles. The minimum Gasteiger partial charge on any atom is -0.484 e. The first-order valence-corrected chi connectivity index (χ1v) is 9.39. The molecule has 144 valence electrons. The molecule has 1 aliphatic rings. The lowest BCUT2D eigenvalue weighted by Gasteiger charge is -2.23. The van der Waals surface area contributed by atoms with E-state index in [1.54, 1.807) is 17.0 Å². The number of aromatic amines is 1. The van der Waals surface area contributed by atoms with Crippen LogP contribution >= 0.6 is 0 Å². The summed E-state index contributed by atoms with van der Waals surface area (Å²) < 4.78 is 5.40. The second-order valence-corrected chi connectivity index (χ2v) is 6.76. The van der Waals surface area contributed by atoms with Gasteiger partial charge in [-0.25, -0.2) is 4.98 Å². The number of hydrogen-bond acceptors (Lipinski definition) is 4. The van der Waals surface area contributed by atoms with E-state index in [1.807, 2.05) is 42.5 Å². The minimum atomic E-state index is -0.323. The number of ether oxygens (including phenoxy) is 1. The van der Waals surface area contributed by atoms with Gasteiger partial charge in [-0.2, -0.15) is 0 Å². The molecule has 7 nitrogen and oxygen atoms in total. The number of H-pyrrole nitrogens is 1. The van der Waals surface area contributed by atoms with Crippen LogP contribution in [-0.4, -0.2) is 46.4 Å². The molecule has 4 rings (SSSR count). The fourth-order valence-electron chi connectivity index (χ4n) is 3.47. The maximum Gasteiger partial charge on any atom is 0.258 e. The van der Waals surface area contributed by atoms with Crippen molar-refractivity contribution in [3.63, 3.8) is 0 Å². The topological polar surface area (TPSA) is 87.3 Å². The van der Waals surface area contributed by atoms with Crippen LogP contribution in [0.1, 0.15) is 24.7 Å². The average Bonchev–Trinajstić information content (AvgIpc) is 3.37. The summed E-state index contributed by atoms with van der Waals surface area (Å²) in [7, 11) is 0. The van der Waals surface area contributed by atoms with E-state index in [1.165, 1.54) is 0 Å². The Morgan fingerprint density at radius 3 is 2.75 bits per heavy atom. The molecule has 0 saturated carbocycles. The molecule has 0 aliphatic carbocycles. The Bertz CT molecular complexity index is 937. The lowest BCUT2D eigenvalue weighted by atomic mass is 10.2. The van der Waals surface area contributed by atoms with E-state index >= 15 is 0 Å². The monoisotopic (exact) mass is 378 g/mol. The van der Waals surface area contributed by atoms with E-state index in [4.69, 9.17) is 4.74 Å². The van der Waals surface area contributed by atoms with Crippen molar-refractivity contribution in [3.05, 3.63) is 60.4 Å². The summed E-state index contributed by atoms with van der Waals surface area (Å²) in [4.78, 5) is 34.4. The smallest absolute Gasteiger partial charge is 0.258 e. The summed E-state index contributed by atoms with van der Waals surface area (Å²) in [6, 6.07) is 16.8. The van der Waals surface area contributed by atoms with Crippen LogP contribution in [0.25, 0.3) is 11.0 Å². The number of nitrogens with zero attached hydrogens (tertiary/aromatic N) is 2. The van der Waals surface area contributed by atoms with Gasteiger partial charge >= 0.3 is 0 Å². The van der Waals surface area contributed by atoms with Gasteiger partial charge < -0.3 is 19.9 Å². The maximum atomic E-state index is 12.7. The molecular weight excluding hydrogens is 356 g/mol. The van der Waals surface area contributed by atoms with Gasteiger partial charge in [-0.3, -0.25) is 9.59 Å². The molecule has 0 radical (unpaired) electrons. The summed E-state index contributed by atoms with van der Waals surface area (Å²) in [6.07, 6.45) is 1.77. The second kappa shape index (κ2) is 8.12. The van der Waals surface area contributed by atoms with Crippen molar-refractivity contribution in [1.82, 2.24) is 20.2 Å². The summed E-state index contributed by atoms with van der Waals surface area (Å²) in [5, 5.41) is 2.64. The van der Waals surface area contributed by atoms with Crippen LogP contribution in [0.2, 0.25) is 0 Å². The van der Waals surface area contributed by atoms with Crippen LogP contribution in [0.15, 0.2) is 54.6 Å². The third kappa shape index (κ3) is 3.98. The van der Waals surface area contributed by atoms with Crippen LogP contribution in [0.5, 0.6) is 5.75 Å². The Balaban J connectivity index is 1.32. The molecule has 2 heterocycles. The zero-order valence-electron chi connectivity index (χ0n) is 15.4. The van der Waals surface area contributed by atoms with Crippen molar-refractivity contribution in [1.29, 1.82) is 0 Å². The number of rotatable bonds is 6. The number of carbonyl (C=O) groups excluding carboxylic acids is 2. The molecular formula is C21H22N4O3. The highest BCUT2D eigenvalue weighted by molar-refractivity contribution is 5.85. The normalized spacial score (nSPS) is 16.3. The SMILES string of the molecule is O=C(COc1ccccc1)NCC(=O)N1CCCC1c1nc2ccccc2[nH]1. The first-order chi connectivity index (χ1) is 13.7. The van der Waals surface area contributed by atoms with E-state index in [0.29, 0.717) is 12.3 Å². The molecule has 2 aromatic carbocycles. The third-order valence-electron chi connectivity index (χ3n) is 4.85. The third-order valence-corrected chi connectivity index (χ3v) is 4.85. The maximum absolute atomic E-state index is 12.7. The quantitative estimate of drug-likeness (QED) is 0.690. The molecule has 2 amide bonds. The Hall–Kier alpha value is -3.35. The Morgan fingerprint density at radius 1 is 1.14 bits per heavy atom. The van der Waals surface area contributed by atoms with Crippen molar-refractivity contribution in [2.24, 2.45) is 0 Å². The van der Waals surface area contributed by atoms with Gasteiger partial charge in [-0.15, -0.1) is 0 Å². The number of aromatic nitrogens is 2. The van der Waals surface area contributed by atoms with Gasteiger partial charge in [0.2, 0.25) is 5.91 Å². The van der Waals surface area contributed by atoms with Crippen LogP contribution in [0, 0.1) is 0 Å². The molecule has 28 heavy (non-hydrogen) atoms. The predicted octanol–water partition coefficient (Wildman–Crippen LogP) is 2.42. The highest BCUT2D eigenvalue weighted by atomic mass is 16.5. The van der Waals surface area contributed by atoms with Crippen LogP contribution < -0.4 is 10.1 Å². The second-order valence-electron chi connectivity index (χ2n) is 6.76. The van der Waals surface area contributed by atoms with E-state index in [9.17, 15) is 9.59 Å². The number of imidazole rings is 1. The van der Waals surface area contributed by atoms with E-state index in [0.717, 1.165) is 29.7 Å². The van der Waals surface area contributed by atoms with E-state index in [-0.39, 0.29) is 31.0 Å². The lowest BCUT2D eigenvalue weighted by molar-refractivity contribution is -0.134. The molecule has 0 bridgehead atoms. The van der Waals surface area contributed by atoms with Crippen molar-refractivity contribution in [2.45, 2.75) is 18.9 Å². The van der Waals surface area contributed by atoms with E-state index in [2.05, 4.69) is 15.3 Å². The molecule has 7 heteroatoms. The van der Waals surface area contributed by atoms with Crippen LogP contribution in [0.3, 0.4) is 0 Å². The molecule has 1 atom stereocenters. The highest BCUT2D eigenvalue weighted by Crippen LogP contribution is 2.31. The fraction of sp³-hybridized carbons (Fsp3) is 0.286. The predicted molar refractivity (Wildman–Crippen MR) is 105 cm³/mol. The zero-order valence-corrected chi connectivity index (χ0v) is 15.4. The number of carbonyl (C=O) groups is 2. The Morgan fingerprint density at radius 2 is 1.93 bits per heavy atom. The van der Waals surface area contributed by atoms with Gasteiger partial charge in [-0.1, -0.05) is 30.3 Å². The summed E-state index contributed by atoms with van der Waals surface area (Å²) in [6.45, 7) is 0.495. The molecule has 3 aromatic rings. The Kier molecular flexibility index (Phi) is 5.23. The van der Waals surface area contributed by atoms with Gasteiger partial charge in [0.1, 0.15) is 11.6 Å². The zero-order chi connectivity index (χ0) is 19.3. The molecule has 1 saturated heterocycles. The lowest BCUT2D eigenvalue weighted by Crippen LogP contribution is -2.41. The first kappa shape index (κ1) is 18.0. The molecule has 1 fully saturated rings. The number of hydrogen-bond donors (Lipinski definition) is 2. The number of benzene rings is 2. The molecule has 2 N–H and O–H groups in total. The number of para-hydroxylation sites is 3. The van der Waals surface area contributed by atoms with Gasteiger partial charge in [0.25, 0.3) is 5.91 Å². The molecule has 0 spiro atoms. The number of amides is 2. The van der Waals surface area contributed by atoms with Crippen molar-refractivity contribution >= 4 is 22.8 Å². The van der Waals surface area contributed by atoms with Gasteiger partial charge in [0, 0.05) is 6.54 Å². The first-order valence-electron chi connectivity index (χ1n) is 9.39. The molecule has 1 aliphatic heterocycles. The number of nitrogens with one attached hydrogen (secondary N) is 2. The summed E-state index contributed by atoms with van der Waals surface area (Å²) in [5.41, 5.74) is 1.85. The van der Waals surface area contributed by atoms with Gasteiger partial charge in [0.05, 0.1) is 23.6 Å². The van der Waals surface area contributed by atoms with Crippen molar-refractivity contribution in [3.8, 4) is 5.75 Å². The minimum absolute atomic E-state index is 0.0479. The molecule has 1 unspecified atom stereocenters. The largest absolute Gasteiger partial charge is 0.484 e. The summed E-state index contributed by atoms with van der Waals surface area (Å²) >= 11 is 0.